The molecule has 0 radical (unpaired) electrons. The fourth-order valence-corrected chi connectivity index (χ4v) is 3.41. The topological polar surface area (TPSA) is 34.4 Å². The van der Waals surface area contributed by atoms with Crippen LogP contribution in [0.3, 0.4) is 0 Å². The molecule has 1 N–H and O–H groups in total. The zero-order chi connectivity index (χ0) is 14.9. The number of hydrogen-bond acceptors (Lipinski definition) is 3. The van der Waals surface area contributed by atoms with Crippen LogP contribution in [-0.2, 0) is 11.3 Å². The minimum Gasteiger partial charge on any atom is -0.467 e. The normalized spacial score (nSPS) is 22.8. The Balaban J connectivity index is 1.50. The van der Waals surface area contributed by atoms with E-state index < -0.39 is 0 Å². The number of rotatable bonds is 9. The molecular formula is C18H31NO2. The molecule has 1 saturated carbocycles. The molecule has 0 saturated heterocycles. The van der Waals surface area contributed by atoms with Crippen molar-refractivity contribution in [2.24, 2.45) is 11.8 Å². The minimum absolute atomic E-state index is 0.590. The van der Waals surface area contributed by atoms with Gasteiger partial charge >= 0.3 is 0 Å². The Morgan fingerprint density at radius 3 is 3.05 bits per heavy atom. The van der Waals surface area contributed by atoms with Crippen LogP contribution in [0.4, 0.5) is 0 Å². The van der Waals surface area contributed by atoms with Gasteiger partial charge < -0.3 is 14.5 Å². The van der Waals surface area contributed by atoms with Gasteiger partial charge in [0.15, 0.2) is 0 Å². The average Bonchev–Trinajstić information content (AvgIpc) is 2.95. The zero-order valence-corrected chi connectivity index (χ0v) is 13.6. The highest BCUT2D eigenvalue weighted by molar-refractivity contribution is 4.95. The molecule has 3 nitrogen and oxygen atoms in total. The number of furan rings is 1. The van der Waals surface area contributed by atoms with E-state index in [4.69, 9.17) is 9.15 Å². The van der Waals surface area contributed by atoms with E-state index in [0.29, 0.717) is 6.61 Å². The van der Waals surface area contributed by atoms with E-state index in [9.17, 15) is 0 Å². The van der Waals surface area contributed by atoms with Crippen molar-refractivity contribution in [3.8, 4) is 0 Å². The van der Waals surface area contributed by atoms with E-state index >= 15 is 0 Å². The molecule has 2 rings (SSSR count). The summed E-state index contributed by atoms with van der Waals surface area (Å²) < 4.78 is 10.8. The van der Waals surface area contributed by atoms with Gasteiger partial charge in [-0.25, -0.2) is 0 Å². The van der Waals surface area contributed by atoms with Crippen molar-refractivity contribution in [2.75, 3.05) is 13.2 Å². The Morgan fingerprint density at radius 2 is 2.29 bits per heavy atom. The van der Waals surface area contributed by atoms with Crippen molar-refractivity contribution in [1.29, 1.82) is 0 Å². The lowest BCUT2D eigenvalue weighted by molar-refractivity contribution is 0.103. The molecular weight excluding hydrogens is 262 g/mol. The van der Waals surface area contributed by atoms with Crippen LogP contribution in [0.2, 0.25) is 0 Å². The van der Waals surface area contributed by atoms with Gasteiger partial charge in [0.1, 0.15) is 12.4 Å². The molecule has 0 spiro atoms. The summed E-state index contributed by atoms with van der Waals surface area (Å²) in [6.45, 7) is 7.14. The molecule has 1 fully saturated rings. The van der Waals surface area contributed by atoms with Crippen molar-refractivity contribution in [3.63, 3.8) is 0 Å². The summed E-state index contributed by atoms with van der Waals surface area (Å²) in [4.78, 5) is 0. The molecule has 0 amide bonds. The number of ether oxygens (including phenoxy) is 1. The van der Waals surface area contributed by atoms with Crippen LogP contribution < -0.4 is 5.32 Å². The Labute approximate surface area is 129 Å². The molecule has 3 heteroatoms. The van der Waals surface area contributed by atoms with Crippen molar-refractivity contribution >= 4 is 0 Å². The van der Waals surface area contributed by atoms with Crippen molar-refractivity contribution in [1.82, 2.24) is 5.32 Å². The highest BCUT2D eigenvalue weighted by atomic mass is 16.5. The monoisotopic (exact) mass is 293 g/mol. The summed E-state index contributed by atoms with van der Waals surface area (Å²) in [5.41, 5.74) is 0. The predicted octanol–water partition coefficient (Wildman–Crippen LogP) is 4.38. The Bertz CT molecular complexity index is 361. The lowest BCUT2D eigenvalue weighted by Gasteiger charge is -2.31. The summed E-state index contributed by atoms with van der Waals surface area (Å²) in [6, 6.07) is 4.58. The molecule has 2 unspecified atom stereocenters. The largest absolute Gasteiger partial charge is 0.467 e. The van der Waals surface area contributed by atoms with Crippen molar-refractivity contribution < 1.29 is 9.15 Å². The van der Waals surface area contributed by atoms with Gasteiger partial charge in [-0.1, -0.05) is 26.7 Å². The van der Waals surface area contributed by atoms with Crippen LogP contribution >= 0.6 is 0 Å². The van der Waals surface area contributed by atoms with Crippen LogP contribution in [0.1, 0.15) is 58.1 Å². The first kappa shape index (κ1) is 16.6. The summed E-state index contributed by atoms with van der Waals surface area (Å²) in [7, 11) is 0. The maximum atomic E-state index is 5.61. The second kappa shape index (κ2) is 9.26. The number of nitrogens with one attached hydrogen (secondary N) is 1. The van der Waals surface area contributed by atoms with E-state index in [1.807, 2.05) is 12.1 Å². The zero-order valence-electron chi connectivity index (χ0n) is 13.6. The van der Waals surface area contributed by atoms with Crippen LogP contribution in [0.15, 0.2) is 22.8 Å². The predicted molar refractivity (Wildman–Crippen MR) is 86.2 cm³/mol. The highest BCUT2D eigenvalue weighted by Crippen LogP contribution is 2.29. The molecule has 1 aromatic rings. The van der Waals surface area contributed by atoms with E-state index in [2.05, 4.69) is 19.2 Å². The van der Waals surface area contributed by atoms with Gasteiger partial charge in [-0.3, -0.25) is 0 Å². The first-order valence-corrected chi connectivity index (χ1v) is 8.57. The fourth-order valence-electron chi connectivity index (χ4n) is 3.41. The molecule has 1 aliphatic rings. The summed E-state index contributed by atoms with van der Waals surface area (Å²) >= 11 is 0. The van der Waals surface area contributed by atoms with Crippen molar-refractivity contribution in [2.45, 2.75) is 65.0 Å². The second-order valence-electron chi connectivity index (χ2n) is 6.80. The van der Waals surface area contributed by atoms with Gasteiger partial charge in [0.05, 0.1) is 6.26 Å². The molecule has 0 aromatic carbocycles. The van der Waals surface area contributed by atoms with Gasteiger partial charge in [0, 0.05) is 12.6 Å². The lowest BCUT2D eigenvalue weighted by atomic mass is 9.81. The molecule has 1 heterocycles. The second-order valence-corrected chi connectivity index (χ2v) is 6.80. The molecule has 120 valence electrons. The third-order valence-electron chi connectivity index (χ3n) is 4.31. The third-order valence-corrected chi connectivity index (χ3v) is 4.31. The summed E-state index contributed by atoms with van der Waals surface area (Å²) in [6.07, 6.45) is 9.70. The molecule has 1 aromatic heterocycles. The van der Waals surface area contributed by atoms with Gasteiger partial charge in [-0.2, -0.15) is 0 Å². The number of hydrogen-bond donors (Lipinski definition) is 1. The SMILES string of the molecule is CC(C)CC1CCCC(NCCCOCc2ccco2)C1. The van der Waals surface area contributed by atoms with E-state index in [1.54, 1.807) is 6.26 Å². The Kier molecular flexibility index (Phi) is 7.31. The van der Waals surface area contributed by atoms with E-state index in [0.717, 1.165) is 43.2 Å². The smallest absolute Gasteiger partial charge is 0.129 e. The quantitative estimate of drug-likeness (QED) is 0.686. The van der Waals surface area contributed by atoms with Gasteiger partial charge in [0.25, 0.3) is 0 Å². The molecule has 1 aliphatic carbocycles. The first-order chi connectivity index (χ1) is 10.2. The van der Waals surface area contributed by atoms with Crippen LogP contribution in [-0.4, -0.2) is 19.2 Å². The maximum absolute atomic E-state index is 5.61. The molecule has 0 aliphatic heterocycles. The molecule has 2 atom stereocenters. The van der Waals surface area contributed by atoms with Crippen molar-refractivity contribution in [3.05, 3.63) is 24.2 Å². The molecule has 0 bridgehead atoms. The Morgan fingerprint density at radius 1 is 1.38 bits per heavy atom. The summed E-state index contributed by atoms with van der Waals surface area (Å²) in [5, 5.41) is 3.72. The first-order valence-electron chi connectivity index (χ1n) is 8.57. The van der Waals surface area contributed by atoms with Gasteiger partial charge in [-0.15, -0.1) is 0 Å². The van der Waals surface area contributed by atoms with Crippen LogP contribution in [0, 0.1) is 11.8 Å². The average molecular weight is 293 g/mol. The highest BCUT2D eigenvalue weighted by Gasteiger charge is 2.21. The summed E-state index contributed by atoms with van der Waals surface area (Å²) in [5.74, 6) is 2.68. The van der Waals surface area contributed by atoms with Crippen LogP contribution in [0.25, 0.3) is 0 Å². The Hall–Kier alpha value is -0.800. The fraction of sp³-hybridized carbons (Fsp3) is 0.778. The molecule has 21 heavy (non-hydrogen) atoms. The van der Waals surface area contributed by atoms with Gasteiger partial charge in [0.2, 0.25) is 0 Å². The van der Waals surface area contributed by atoms with E-state index in [1.165, 1.54) is 32.1 Å². The van der Waals surface area contributed by atoms with Gasteiger partial charge in [-0.05, 0) is 56.2 Å². The minimum atomic E-state index is 0.590. The van der Waals surface area contributed by atoms with E-state index in [-0.39, 0.29) is 0 Å². The third kappa shape index (κ3) is 6.66. The standard InChI is InChI=1S/C18H31NO2/c1-15(2)12-16-6-3-7-17(13-16)19-9-5-10-20-14-18-8-4-11-21-18/h4,8,11,15-17,19H,3,5-7,9-10,12-14H2,1-2H3. The maximum Gasteiger partial charge on any atom is 0.129 e. The lowest BCUT2D eigenvalue weighted by Crippen LogP contribution is -2.35. The van der Waals surface area contributed by atoms with Crippen LogP contribution in [0.5, 0.6) is 0 Å².